The van der Waals surface area contributed by atoms with E-state index in [0.29, 0.717) is 13.0 Å². The molecule has 0 bridgehead atoms. The number of hydrogen-bond acceptors (Lipinski definition) is 2. The van der Waals surface area contributed by atoms with Gasteiger partial charge < -0.3 is 4.74 Å². The van der Waals surface area contributed by atoms with Crippen molar-refractivity contribution in [3.05, 3.63) is 29.8 Å². The van der Waals surface area contributed by atoms with E-state index < -0.39 is 17.0 Å². The van der Waals surface area contributed by atoms with Crippen LogP contribution in [-0.2, 0) is 0 Å². The van der Waals surface area contributed by atoms with Crippen molar-refractivity contribution in [3.8, 4) is 11.8 Å². The maximum atomic E-state index is 13.0. The van der Waals surface area contributed by atoms with Crippen LogP contribution in [0.2, 0.25) is 0 Å². The van der Waals surface area contributed by atoms with Gasteiger partial charge in [-0.15, -0.1) is 0 Å². The van der Waals surface area contributed by atoms with E-state index in [1.807, 2.05) is 27.7 Å². The highest BCUT2D eigenvalue weighted by Gasteiger charge is 2.29. The first-order valence-electron chi connectivity index (χ1n) is 6.14. The van der Waals surface area contributed by atoms with E-state index in [9.17, 15) is 8.78 Å². The van der Waals surface area contributed by atoms with Crippen LogP contribution in [0.3, 0.4) is 0 Å². The molecule has 0 aliphatic rings. The Bertz CT molecular complexity index is 469. The number of nitriles is 1. The molecular weight excluding hydrogens is 248 g/mol. The standard InChI is InChI=1S/C15H19F2NO/c1-14(2,9-18)8-15(3,4)10-19-13-6-11(16)5-12(17)7-13/h5-7H,8,10H2,1-4H3. The van der Waals surface area contributed by atoms with Gasteiger partial charge in [0.25, 0.3) is 0 Å². The van der Waals surface area contributed by atoms with Crippen molar-refractivity contribution in [2.75, 3.05) is 6.61 Å². The van der Waals surface area contributed by atoms with Gasteiger partial charge in [-0.3, -0.25) is 0 Å². The summed E-state index contributed by atoms with van der Waals surface area (Å²) in [6, 6.07) is 5.34. The molecule has 0 unspecified atom stereocenters. The van der Waals surface area contributed by atoms with Crippen LogP contribution >= 0.6 is 0 Å². The lowest BCUT2D eigenvalue weighted by atomic mass is 9.76. The third-order valence-electron chi connectivity index (χ3n) is 2.69. The molecule has 0 aromatic heterocycles. The zero-order valence-corrected chi connectivity index (χ0v) is 11.8. The van der Waals surface area contributed by atoms with Crippen LogP contribution in [-0.4, -0.2) is 6.61 Å². The number of rotatable bonds is 5. The minimum atomic E-state index is -0.662. The summed E-state index contributed by atoms with van der Waals surface area (Å²) in [5.41, 5.74) is -0.720. The van der Waals surface area contributed by atoms with Crippen LogP contribution in [0.15, 0.2) is 18.2 Å². The van der Waals surface area contributed by atoms with Crippen molar-refractivity contribution >= 4 is 0 Å². The fourth-order valence-electron chi connectivity index (χ4n) is 2.18. The van der Waals surface area contributed by atoms with Gasteiger partial charge in [0.05, 0.1) is 18.1 Å². The van der Waals surface area contributed by atoms with Crippen LogP contribution in [0.5, 0.6) is 5.75 Å². The van der Waals surface area contributed by atoms with E-state index in [-0.39, 0.29) is 11.2 Å². The largest absolute Gasteiger partial charge is 0.493 e. The molecule has 0 heterocycles. The van der Waals surface area contributed by atoms with E-state index in [4.69, 9.17) is 10.00 Å². The molecule has 0 spiro atoms. The van der Waals surface area contributed by atoms with Crippen LogP contribution < -0.4 is 4.74 Å². The number of benzene rings is 1. The summed E-state index contributed by atoms with van der Waals surface area (Å²) in [6.45, 7) is 7.93. The normalized spacial score (nSPS) is 12.1. The summed E-state index contributed by atoms with van der Waals surface area (Å²) in [6.07, 6.45) is 0.633. The molecule has 0 aliphatic heterocycles. The smallest absolute Gasteiger partial charge is 0.129 e. The minimum Gasteiger partial charge on any atom is -0.493 e. The van der Waals surface area contributed by atoms with Gasteiger partial charge in [-0.05, 0) is 20.3 Å². The highest BCUT2D eigenvalue weighted by molar-refractivity contribution is 5.23. The van der Waals surface area contributed by atoms with Crippen molar-refractivity contribution in [1.82, 2.24) is 0 Å². The Hall–Kier alpha value is -1.63. The lowest BCUT2D eigenvalue weighted by Gasteiger charge is -2.30. The first-order chi connectivity index (χ1) is 8.63. The van der Waals surface area contributed by atoms with E-state index in [1.165, 1.54) is 0 Å². The highest BCUT2D eigenvalue weighted by atomic mass is 19.1. The molecule has 1 aromatic carbocycles. The second-order valence-corrected chi connectivity index (χ2v) is 6.23. The molecule has 0 radical (unpaired) electrons. The minimum absolute atomic E-state index is 0.167. The van der Waals surface area contributed by atoms with Crippen molar-refractivity contribution in [2.24, 2.45) is 10.8 Å². The summed E-state index contributed by atoms with van der Waals surface area (Å²) in [7, 11) is 0. The topological polar surface area (TPSA) is 33.0 Å². The fraction of sp³-hybridized carbons (Fsp3) is 0.533. The maximum absolute atomic E-state index is 13.0. The van der Waals surface area contributed by atoms with Gasteiger partial charge in [-0.25, -0.2) is 8.78 Å². The second kappa shape index (κ2) is 5.56. The Morgan fingerprint density at radius 1 is 1.11 bits per heavy atom. The molecule has 0 atom stereocenters. The van der Waals surface area contributed by atoms with Crippen LogP contribution in [0.4, 0.5) is 8.78 Å². The average Bonchev–Trinajstić information content (AvgIpc) is 2.24. The Kier molecular flexibility index (Phi) is 4.52. The van der Waals surface area contributed by atoms with Gasteiger partial charge in [-0.2, -0.15) is 5.26 Å². The fourth-order valence-corrected chi connectivity index (χ4v) is 2.18. The number of ether oxygens (including phenoxy) is 1. The molecule has 1 aromatic rings. The zero-order valence-electron chi connectivity index (χ0n) is 11.8. The summed E-state index contributed by atoms with van der Waals surface area (Å²) in [5, 5.41) is 9.03. The Morgan fingerprint density at radius 2 is 1.63 bits per heavy atom. The first kappa shape index (κ1) is 15.4. The third kappa shape index (κ3) is 5.25. The molecule has 0 amide bonds. The second-order valence-electron chi connectivity index (χ2n) is 6.23. The highest BCUT2D eigenvalue weighted by Crippen LogP contribution is 2.33. The number of nitrogens with zero attached hydrogens (tertiary/aromatic N) is 1. The van der Waals surface area contributed by atoms with E-state index >= 15 is 0 Å². The average molecular weight is 267 g/mol. The molecule has 4 heteroatoms. The molecule has 0 fully saturated rings. The van der Waals surface area contributed by atoms with Crippen LogP contribution in [0, 0.1) is 33.8 Å². The van der Waals surface area contributed by atoms with Crippen molar-refractivity contribution in [1.29, 1.82) is 5.26 Å². The molecule has 19 heavy (non-hydrogen) atoms. The van der Waals surface area contributed by atoms with Crippen LogP contribution in [0.1, 0.15) is 34.1 Å². The molecule has 104 valence electrons. The van der Waals surface area contributed by atoms with Gasteiger partial charge in [0.2, 0.25) is 0 Å². The lowest BCUT2D eigenvalue weighted by molar-refractivity contribution is 0.137. The van der Waals surface area contributed by atoms with Gasteiger partial charge in [0.1, 0.15) is 17.4 Å². The SMILES string of the molecule is CC(C)(C#N)CC(C)(C)COc1cc(F)cc(F)c1. The van der Waals surface area contributed by atoms with Gasteiger partial charge in [0.15, 0.2) is 0 Å². The van der Waals surface area contributed by atoms with Gasteiger partial charge in [0, 0.05) is 23.6 Å². The first-order valence-corrected chi connectivity index (χ1v) is 6.14. The molecule has 0 saturated carbocycles. The number of halogens is 2. The van der Waals surface area contributed by atoms with Crippen LogP contribution in [0.25, 0.3) is 0 Å². The Morgan fingerprint density at radius 3 is 2.11 bits per heavy atom. The summed E-state index contributed by atoms with van der Waals surface area (Å²) < 4.78 is 31.5. The predicted octanol–water partition coefficient (Wildman–Crippen LogP) is 4.31. The number of hydrogen-bond donors (Lipinski definition) is 0. The summed E-state index contributed by atoms with van der Waals surface area (Å²) in [5.74, 6) is -1.16. The monoisotopic (exact) mass is 267 g/mol. The van der Waals surface area contributed by atoms with Gasteiger partial charge in [-0.1, -0.05) is 13.8 Å². The predicted molar refractivity (Wildman–Crippen MR) is 69.6 cm³/mol. The van der Waals surface area contributed by atoms with Gasteiger partial charge >= 0.3 is 0 Å². The Balaban J connectivity index is 2.67. The quantitative estimate of drug-likeness (QED) is 0.796. The zero-order chi connectivity index (χ0) is 14.7. The Labute approximate surface area is 113 Å². The maximum Gasteiger partial charge on any atom is 0.129 e. The van der Waals surface area contributed by atoms with Crippen molar-refractivity contribution in [2.45, 2.75) is 34.1 Å². The molecule has 0 aliphatic carbocycles. The lowest BCUT2D eigenvalue weighted by Crippen LogP contribution is -2.28. The summed E-state index contributed by atoms with van der Waals surface area (Å²) in [4.78, 5) is 0. The van der Waals surface area contributed by atoms with E-state index in [0.717, 1.165) is 18.2 Å². The molecule has 0 N–H and O–H groups in total. The third-order valence-corrected chi connectivity index (χ3v) is 2.69. The van der Waals surface area contributed by atoms with E-state index in [2.05, 4.69) is 6.07 Å². The molecular formula is C15H19F2NO. The summed E-state index contributed by atoms with van der Waals surface area (Å²) >= 11 is 0. The van der Waals surface area contributed by atoms with Crippen molar-refractivity contribution in [3.63, 3.8) is 0 Å². The molecule has 0 saturated heterocycles. The molecule has 1 rings (SSSR count). The van der Waals surface area contributed by atoms with E-state index in [1.54, 1.807) is 0 Å². The van der Waals surface area contributed by atoms with Crippen molar-refractivity contribution < 1.29 is 13.5 Å². The molecule has 2 nitrogen and oxygen atoms in total.